The lowest BCUT2D eigenvalue weighted by Gasteiger charge is -2.08. The number of rotatable bonds is 3. The van der Waals surface area contributed by atoms with Crippen molar-refractivity contribution in [3.63, 3.8) is 0 Å². The molecular weight excluding hydrogens is 353 g/mol. The van der Waals surface area contributed by atoms with Crippen molar-refractivity contribution < 1.29 is 9.90 Å². The minimum Gasteiger partial charge on any atom is -0.389 e. The maximum Gasteiger partial charge on any atom is 0.255 e. The maximum atomic E-state index is 12.0. The van der Waals surface area contributed by atoms with Crippen LogP contribution in [0.2, 0.25) is 0 Å². The van der Waals surface area contributed by atoms with Crippen LogP contribution in [0.4, 0.5) is 5.69 Å². The third-order valence-corrected chi connectivity index (χ3v) is 3.41. The SMILES string of the molecule is C[C@@H](O)c1ccc(NC(=O)c2cccc(I)c2)cc1. The predicted octanol–water partition coefficient (Wildman–Crippen LogP) is 3.60. The lowest BCUT2D eigenvalue weighted by molar-refractivity contribution is 0.102. The number of benzene rings is 2. The van der Waals surface area contributed by atoms with Gasteiger partial charge < -0.3 is 10.4 Å². The third-order valence-electron chi connectivity index (χ3n) is 2.74. The summed E-state index contributed by atoms with van der Waals surface area (Å²) in [6, 6.07) is 14.6. The largest absolute Gasteiger partial charge is 0.389 e. The van der Waals surface area contributed by atoms with Gasteiger partial charge in [0.25, 0.3) is 5.91 Å². The van der Waals surface area contributed by atoms with E-state index >= 15 is 0 Å². The van der Waals surface area contributed by atoms with Crippen molar-refractivity contribution in [1.82, 2.24) is 0 Å². The Morgan fingerprint density at radius 1 is 1.21 bits per heavy atom. The number of aliphatic hydroxyl groups is 1. The third kappa shape index (κ3) is 3.78. The van der Waals surface area contributed by atoms with Crippen LogP contribution in [0.3, 0.4) is 0 Å². The zero-order valence-electron chi connectivity index (χ0n) is 10.4. The number of hydrogen-bond donors (Lipinski definition) is 2. The molecule has 19 heavy (non-hydrogen) atoms. The molecule has 0 radical (unpaired) electrons. The van der Waals surface area contributed by atoms with E-state index in [1.807, 2.05) is 18.2 Å². The van der Waals surface area contributed by atoms with Gasteiger partial charge in [0.15, 0.2) is 0 Å². The molecule has 2 aromatic rings. The Morgan fingerprint density at radius 2 is 1.89 bits per heavy atom. The topological polar surface area (TPSA) is 49.3 Å². The van der Waals surface area contributed by atoms with Gasteiger partial charge in [0.2, 0.25) is 0 Å². The zero-order valence-corrected chi connectivity index (χ0v) is 12.6. The van der Waals surface area contributed by atoms with E-state index in [2.05, 4.69) is 27.9 Å². The van der Waals surface area contributed by atoms with Crippen molar-refractivity contribution in [3.05, 3.63) is 63.2 Å². The molecule has 2 rings (SSSR count). The van der Waals surface area contributed by atoms with E-state index in [9.17, 15) is 9.90 Å². The minimum atomic E-state index is -0.500. The number of amides is 1. The van der Waals surface area contributed by atoms with Gasteiger partial charge in [-0.15, -0.1) is 0 Å². The van der Waals surface area contributed by atoms with E-state index in [4.69, 9.17) is 0 Å². The normalized spacial score (nSPS) is 11.9. The first-order valence-electron chi connectivity index (χ1n) is 5.91. The molecule has 1 atom stereocenters. The Morgan fingerprint density at radius 3 is 2.47 bits per heavy atom. The van der Waals surface area contributed by atoms with Crippen molar-refractivity contribution in [2.24, 2.45) is 0 Å². The van der Waals surface area contributed by atoms with Crippen molar-refractivity contribution in [1.29, 1.82) is 0 Å². The molecule has 2 aromatic carbocycles. The standard InChI is InChI=1S/C15H14INO2/c1-10(18)11-5-7-14(8-6-11)17-15(19)12-3-2-4-13(16)9-12/h2-10,18H,1H3,(H,17,19)/t10-/m1/s1. The molecule has 0 fully saturated rings. The highest BCUT2D eigenvalue weighted by Crippen LogP contribution is 2.16. The molecule has 4 heteroatoms. The molecule has 0 heterocycles. The molecule has 0 saturated heterocycles. The van der Waals surface area contributed by atoms with E-state index < -0.39 is 6.10 Å². The summed E-state index contributed by atoms with van der Waals surface area (Å²) in [6.45, 7) is 1.71. The van der Waals surface area contributed by atoms with Crippen LogP contribution in [0, 0.1) is 3.57 Å². The second kappa shape index (κ2) is 6.16. The zero-order chi connectivity index (χ0) is 13.8. The van der Waals surface area contributed by atoms with E-state index in [1.54, 1.807) is 37.3 Å². The minimum absolute atomic E-state index is 0.136. The van der Waals surface area contributed by atoms with Crippen LogP contribution in [-0.4, -0.2) is 11.0 Å². The van der Waals surface area contributed by atoms with E-state index in [1.165, 1.54) is 0 Å². The average molecular weight is 367 g/mol. The van der Waals surface area contributed by atoms with Crippen molar-refractivity contribution in [3.8, 4) is 0 Å². The number of halogens is 1. The molecule has 3 nitrogen and oxygen atoms in total. The number of nitrogens with one attached hydrogen (secondary N) is 1. The van der Waals surface area contributed by atoms with Crippen LogP contribution in [0.15, 0.2) is 48.5 Å². The summed E-state index contributed by atoms with van der Waals surface area (Å²) in [5.74, 6) is -0.136. The molecule has 2 N–H and O–H groups in total. The summed E-state index contributed by atoms with van der Waals surface area (Å²) >= 11 is 2.17. The smallest absolute Gasteiger partial charge is 0.255 e. The Hall–Kier alpha value is -1.40. The maximum absolute atomic E-state index is 12.0. The summed E-state index contributed by atoms with van der Waals surface area (Å²) in [5.41, 5.74) is 2.17. The summed E-state index contributed by atoms with van der Waals surface area (Å²) < 4.78 is 1.02. The summed E-state index contributed by atoms with van der Waals surface area (Å²) in [7, 11) is 0. The Kier molecular flexibility index (Phi) is 4.55. The molecule has 0 aliphatic rings. The molecule has 0 saturated carbocycles. The Labute approximate surface area is 125 Å². The second-order valence-electron chi connectivity index (χ2n) is 4.26. The molecule has 0 bridgehead atoms. The van der Waals surface area contributed by atoms with E-state index in [-0.39, 0.29) is 5.91 Å². The molecule has 0 aliphatic carbocycles. The summed E-state index contributed by atoms with van der Waals surface area (Å²) in [4.78, 5) is 12.0. The first-order chi connectivity index (χ1) is 9.06. The van der Waals surface area contributed by atoms with Gasteiger partial charge >= 0.3 is 0 Å². The van der Waals surface area contributed by atoms with Crippen LogP contribution in [0.25, 0.3) is 0 Å². The van der Waals surface area contributed by atoms with Crippen molar-refractivity contribution >= 4 is 34.2 Å². The van der Waals surface area contributed by atoms with E-state index in [0.29, 0.717) is 11.3 Å². The van der Waals surface area contributed by atoms with Gasteiger partial charge in [-0.3, -0.25) is 4.79 Å². The average Bonchev–Trinajstić information content (AvgIpc) is 2.39. The van der Waals surface area contributed by atoms with Crippen LogP contribution in [-0.2, 0) is 0 Å². The van der Waals surface area contributed by atoms with Crippen LogP contribution < -0.4 is 5.32 Å². The van der Waals surface area contributed by atoms with Gasteiger partial charge in [-0.05, 0) is 65.4 Å². The molecule has 0 aliphatic heterocycles. The van der Waals surface area contributed by atoms with Crippen molar-refractivity contribution in [2.75, 3.05) is 5.32 Å². The van der Waals surface area contributed by atoms with Crippen molar-refractivity contribution in [2.45, 2.75) is 13.0 Å². The van der Waals surface area contributed by atoms with Gasteiger partial charge in [-0.25, -0.2) is 0 Å². The van der Waals surface area contributed by atoms with E-state index in [0.717, 1.165) is 9.13 Å². The first kappa shape index (κ1) is 14.0. The van der Waals surface area contributed by atoms with Gasteiger partial charge in [0.05, 0.1) is 6.10 Å². The molecule has 1 amide bonds. The molecule has 0 unspecified atom stereocenters. The van der Waals surface area contributed by atoms with Crippen LogP contribution >= 0.6 is 22.6 Å². The summed E-state index contributed by atoms with van der Waals surface area (Å²) in [6.07, 6.45) is -0.500. The number of aliphatic hydroxyl groups excluding tert-OH is 1. The second-order valence-corrected chi connectivity index (χ2v) is 5.51. The molecule has 0 spiro atoms. The highest BCUT2D eigenvalue weighted by atomic mass is 127. The Bertz CT molecular complexity index is 579. The van der Waals surface area contributed by atoms with Crippen LogP contribution in [0.1, 0.15) is 28.9 Å². The number of hydrogen-bond acceptors (Lipinski definition) is 2. The van der Waals surface area contributed by atoms with Gasteiger partial charge in [0.1, 0.15) is 0 Å². The van der Waals surface area contributed by atoms with Gasteiger partial charge in [0, 0.05) is 14.8 Å². The predicted molar refractivity (Wildman–Crippen MR) is 84.2 cm³/mol. The molecule has 98 valence electrons. The quantitative estimate of drug-likeness (QED) is 0.815. The fourth-order valence-electron chi connectivity index (χ4n) is 1.68. The fraction of sp³-hybridized carbons (Fsp3) is 0.133. The van der Waals surface area contributed by atoms with Gasteiger partial charge in [-0.1, -0.05) is 18.2 Å². The lowest BCUT2D eigenvalue weighted by atomic mass is 10.1. The highest BCUT2D eigenvalue weighted by Gasteiger charge is 2.07. The lowest BCUT2D eigenvalue weighted by Crippen LogP contribution is -2.11. The number of carbonyl (C=O) groups is 1. The fourth-order valence-corrected chi connectivity index (χ4v) is 2.22. The number of anilines is 1. The number of carbonyl (C=O) groups excluding carboxylic acids is 1. The summed E-state index contributed by atoms with van der Waals surface area (Å²) in [5, 5.41) is 12.2. The van der Waals surface area contributed by atoms with Crippen LogP contribution in [0.5, 0.6) is 0 Å². The van der Waals surface area contributed by atoms with Gasteiger partial charge in [-0.2, -0.15) is 0 Å². The molecule has 0 aromatic heterocycles. The monoisotopic (exact) mass is 367 g/mol. The molecular formula is C15H14INO2. The first-order valence-corrected chi connectivity index (χ1v) is 6.99. The Balaban J connectivity index is 2.10. The highest BCUT2D eigenvalue weighted by molar-refractivity contribution is 14.1.